The average Bonchev–Trinajstić information content (AvgIpc) is 2.85. The average molecular weight is 428 g/mol. The predicted molar refractivity (Wildman–Crippen MR) is 131 cm³/mol. The van der Waals surface area contributed by atoms with Crippen molar-refractivity contribution in [3.05, 3.63) is 114 Å². The van der Waals surface area contributed by atoms with Crippen LogP contribution in [0.4, 0.5) is 0 Å². The number of morpholine rings is 1. The van der Waals surface area contributed by atoms with Gasteiger partial charge in [-0.2, -0.15) is 0 Å². The lowest BCUT2D eigenvalue weighted by atomic mass is 9.84. The lowest BCUT2D eigenvalue weighted by Gasteiger charge is -2.54. The summed E-state index contributed by atoms with van der Waals surface area (Å²) in [6.07, 6.45) is 1.58. The Morgan fingerprint density at radius 1 is 0.906 bits per heavy atom. The van der Waals surface area contributed by atoms with Gasteiger partial charge < -0.3 is 9.47 Å². The highest BCUT2D eigenvalue weighted by Gasteiger charge is 2.51. The molecule has 0 spiro atoms. The fourth-order valence-corrected chi connectivity index (χ4v) is 4.58. The third-order valence-corrected chi connectivity index (χ3v) is 6.67. The number of hydrogen-bond donors (Lipinski definition) is 0. The molecule has 166 valence electrons. The number of hydrogen-bond acceptors (Lipinski definition) is 3. The zero-order valence-corrected chi connectivity index (χ0v) is 19.4. The van der Waals surface area contributed by atoms with E-state index in [2.05, 4.69) is 98.5 Å². The molecule has 4 atom stereocenters. The lowest BCUT2D eigenvalue weighted by molar-refractivity contribution is -0.265. The molecule has 1 aliphatic heterocycles. The maximum Gasteiger partial charge on any atom is 0.222 e. The highest BCUT2D eigenvalue weighted by atomic mass is 16.7. The maximum atomic E-state index is 6.68. The van der Waals surface area contributed by atoms with Gasteiger partial charge in [-0.3, -0.25) is 4.90 Å². The molecule has 0 aliphatic carbocycles. The van der Waals surface area contributed by atoms with E-state index in [9.17, 15) is 0 Å². The van der Waals surface area contributed by atoms with E-state index in [1.807, 2.05) is 31.2 Å². The fourth-order valence-electron chi connectivity index (χ4n) is 4.58. The highest BCUT2D eigenvalue weighted by molar-refractivity contribution is 5.59. The van der Waals surface area contributed by atoms with Crippen LogP contribution in [0.15, 0.2) is 97.1 Å². The van der Waals surface area contributed by atoms with E-state index in [1.54, 1.807) is 0 Å². The second-order valence-corrected chi connectivity index (χ2v) is 8.68. The topological polar surface area (TPSA) is 21.7 Å². The van der Waals surface area contributed by atoms with Gasteiger partial charge in [0.15, 0.2) is 0 Å². The summed E-state index contributed by atoms with van der Waals surface area (Å²) in [7, 11) is 0. The van der Waals surface area contributed by atoms with Gasteiger partial charge in [-0.1, -0.05) is 91.0 Å². The van der Waals surface area contributed by atoms with Crippen molar-refractivity contribution in [2.24, 2.45) is 0 Å². The van der Waals surface area contributed by atoms with Gasteiger partial charge in [0, 0.05) is 18.2 Å². The SMILES string of the molecule is C/C=C(\OC1OC(C)C(C)N(Cc2ccccc2)[C@@]1(C)c1ccccc1)c1ccccc1. The van der Waals surface area contributed by atoms with Gasteiger partial charge in [0.05, 0.1) is 6.10 Å². The van der Waals surface area contributed by atoms with Gasteiger partial charge in [-0.25, -0.2) is 0 Å². The molecule has 3 aromatic carbocycles. The molecule has 4 rings (SSSR count). The van der Waals surface area contributed by atoms with Crippen LogP contribution in [0.3, 0.4) is 0 Å². The second-order valence-electron chi connectivity index (χ2n) is 8.68. The first kappa shape index (κ1) is 22.3. The van der Waals surface area contributed by atoms with Crippen molar-refractivity contribution in [2.75, 3.05) is 0 Å². The molecule has 1 fully saturated rings. The normalized spacial score (nSPS) is 26.6. The molecule has 3 unspecified atom stereocenters. The van der Waals surface area contributed by atoms with Crippen molar-refractivity contribution in [2.45, 2.75) is 58.2 Å². The molecule has 0 saturated carbocycles. The molecule has 0 aromatic heterocycles. The van der Waals surface area contributed by atoms with Crippen LogP contribution in [0.1, 0.15) is 44.4 Å². The number of rotatable bonds is 6. The molecule has 3 aromatic rings. The van der Waals surface area contributed by atoms with Gasteiger partial charge in [0.25, 0.3) is 0 Å². The minimum absolute atomic E-state index is 0.0226. The van der Waals surface area contributed by atoms with Crippen LogP contribution in [0.2, 0.25) is 0 Å². The number of ether oxygens (including phenoxy) is 2. The summed E-state index contributed by atoms with van der Waals surface area (Å²) in [6.45, 7) is 9.47. The molecule has 3 heteroatoms. The third-order valence-electron chi connectivity index (χ3n) is 6.67. The Morgan fingerprint density at radius 2 is 1.47 bits per heavy atom. The summed E-state index contributed by atoms with van der Waals surface area (Å²) < 4.78 is 13.3. The molecule has 3 nitrogen and oxygen atoms in total. The Labute approximate surface area is 192 Å². The van der Waals surface area contributed by atoms with E-state index in [0.717, 1.165) is 17.9 Å². The monoisotopic (exact) mass is 427 g/mol. The van der Waals surface area contributed by atoms with Crippen LogP contribution in [-0.4, -0.2) is 23.3 Å². The molecule has 1 heterocycles. The minimum atomic E-state index is -0.480. The van der Waals surface area contributed by atoms with Crippen LogP contribution in [0, 0.1) is 0 Å². The molecule has 0 radical (unpaired) electrons. The summed E-state index contributed by atoms with van der Waals surface area (Å²) in [6, 6.07) is 31.7. The van der Waals surface area contributed by atoms with Crippen molar-refractivity contribution in [3.8, 4) is 0 Å². The van der Waals surface area contributed by atoms with E-state index in [0.29, 0.717) is 0 Å². The molecule has 0 bridgehead atoms. The quantitative estimate of drug-likeness (QED) is 0.413. The first-order valence-corrected chi connectivity index (χ1v) is 11.4. The van der Waals surface area contributed by atoms with E-state index in [4.69, 9.17) is 9.47 Å². The molecular formula is C29H33NO2. The molecular weight excluding hydrogens is 394 g/mol. The summed E-state index contributed by atoms with van der Waals surface area (Å²) in [5.74, 6) is 0.833. The predicted octanol–water partition coefficient (Wildman–Crippen LogP) is 6.61. The zero-order valence-electron chi connectivity index (χ0n) is 19.4. The largest absolute Gasteiger partial charge is 0.462 e. The van der Waals surface area contributed by atoms with Gasteiger partial charge in [-0.05, 0) is 44.9 Å². The smallest absolute Gasteiger partial charge is 0.222 e. The Kier molecular flexibility index (Phi) is 6.78. The van der Waals surface area contributed by atoms with Crippen LogP contribution in [-0.2, 0) is 21.6 Å². The first-order chi connectivity index (χ1) is 15.5. The third kappa shape index (κ3) is 4.36. The van der Waals surface area contributed by atoms with Gasteiger partial charge in [-0.15, -0.1) is 0 Å². The molecule has 1 aliphatic rings. The van der Waals surface area contributed by atoms with Gasteiger partial charge in [0.2, 0.25) is 6.29 Å². The van der Waals surface area contributed by atoms with E-state index in [1.165, 1.54) is 11.1 Å². The second kappa shape index (κ2) is 9.72. The van der Waals surface area contributed by atoms with Gasteiger partial charge >= 0.3 is 0 Å². The fraction of sp³-hybridized carbons (Fsp3) is 0.310. The summed E-state index contributed by atoms with van der Waals surface area (Å²) >= 11 is 0. The molecule has 0 amide bonds. The highest BCUT2D eigenvalue weighted by Crippen LogP contribution is 2.43. The summed E-state index contributed by atoms with van der Waals surface area (Å²) in [5.41, 5.74) is 3.04. The van der Waals surface area contributed by atoms with Crippen molar-refractivity contribution >= 4 is 5.76 Å². The Morgan fingerprint density at radius 3 is 2.06 bits per heavy atom. The van der Waals surface area contributed by atoms with E-state index < -0.39 is 11.8 Å². The molecule has 1 saturated heterocycles. The first-order valence-electron chi connectivity index (χ1n) is 11.4. The number of allylic oxidation sites excluding steroid dienone is 1. The minimum Gasteiger partial charge on any atom is -0.462 e. The Bertz CT molecular complexity index is 1020. The Hall–Kier alpha value is -2.88. The summed E-state index contributed by atoms with van der Waals surface area (Å²) in [4.78, 5) is 2.54. The number of nitrogens with zero attached hydrogens (tertiary/aromatic N) is 1. The zero-order chi connectivity index (χ0) is 22.6. The van der Waals surface area contributed by atoms with E-state index >= 15 is 0 Å². The van der Waals surface area contributed by atoms with Crippen molar-refractivity contribution in [1.82, 2.24) is 4.90 Å². The van der Waals surface area contributed by atoms with Crippen LogP contribution in [0.25, 0.3) is 5.76 Å². The van der Waals surface area contributed by atoms with Crippen LogP contribution >= 0.6 is 0 Å². The van der Waals surface area contributed by atoms with Crippen LogP contribution in [0.5, 0.6) is 0 Å². The standard InChI is InChI=1S/C29H33NO2/c1-5-27(25-17-11-7-12-18-25)32-28-29(4,26-19-13-8-14-20-26)30(22(2)23(3)31-28)21-24-15-9-6-10-16-24/h5-20,22-23,28H,21H2,1-4H3/b27-5-/t22?,23?,28?,29-/m0/s1. The lowest BCUT2D eigenvalue weighted by Crippen LogP contribution is -2.64. The van der Waals surface area contributed by atoms with Crippen molar-refractivity contribution in [1.29, 1.82) is 0 Å². The van der Waals surface area contributed by atoms with Crippen LogP contribution < -0.4 is 0 Å². The van der Waals surface area contributed by atoms with Gasteiger partial charge in [0.1, 0.15) is 11.3 Å². The molecule has 32 heavy (non-hydrogen) atoms. The van der Waals surface area contributed by atoms with Crippen molar-refractivity contribution < 1.29 is 9.47 Å². The van der Waals surface area contributed by atoms with E-state index in [-0.39, 0.29) is 12.1 Å². The molecule has 0 N–H and O–H groups in total. The van der Waals surface area contributed by atoms with Crippen molar-refractivity contribution in [3.63, 3.8) is 0 Å². The number of benzene rings is 3. The summed E-state index contributed by atoms with van der Waals surface area (Å²) in [5, 5.41) is 0. The Balaban J connectivity index is 1.77. The maximum absolute atomic E-state index is 6.68.